The standard InChI is InChI=1S/C11H10Br2O3/c1-16-11(15)10-5-8(13)3-2-7(10)4-9(14)6-12/h2-3,5H,4,6H2,1H3. The Morgan fingerprint density at radius 2 is 2.06 bits per heavy atom. The van der Waals surface area contributed by atoms with Crippen LogP contribution >= 0.6 is 31.9 Å². The zero-order valence-corrected chi connectivity index (χ0v) is 11.8. The molecule has 1 rings (SSSR count). The maximum Gasteiger partial charge on any atom is 0.338 e. The van der Waals surface area contributed by atoms with E-state index in [9.17, 15) is 9.59 Å². The summed E-state index contributed by atoms with van der Waals surface area (Å²) in [5.41, 5.74) is 1.10. The molecule has 0 atom stereocenters. The number of halogens is 2. The molecule has 0 saturated heterocycles. The molecule has 0 amide bonds. The minimum absolute atomic E-state index is 0.0208. The third kappa shape index (κ3) is 3.42. The number of esters is 1. The van der Waals surface area contributed by atoms with Gasteiger partial charge in [-0.25, -0.2) is 4.79 Å². The molecule has 16 heavy (non-hydrogen) atoms. The molecule has 0 aliphatic rings. The normalized spacial score (nSPS) is 9.94. The van der Waals surface area contributed by atoms with Gasteiger partial charge < -0.3 is 4.74 Å². The van der Waals surface area contributed by atoms with Crippen LogP contribution in [0, 0.1) is 0 Å². The van der Waals surface area contributed by atoms with Crippen LogP contribution in [0.5, 0.6) is 0 Å². The number of rotatable bonds is 4. The monoisotopic (exact) mass is 348 g/mol. The van der Waals surface area contributed by atoms with Crippen LogP contribution in [0.3, 0.4) is 0 Å². The van der Waals surface area contributed by atoms with E-state index in [1.54, 1.807) is 18.2 Å². The summed E-state index contributed by atoms with van der Waals surface area (Å²) in [6, 6.07) is 5.20. The van der Waals surface area contributed by atoms with E-state index < -0.39 is 5.97 Å². The van der Waals surface area contributed by atoms with Gasteiger partial charge in [0, 0.05) is 10.9 Å². The van der Waals surface area contributed by atoms with Crippen LogP contribution in [0.2, 0.25) is 0 Å². The summed E-state index contributed by atoms with van der Waals surface area (Å²) in [5.74, 6) is -0.411. The Morgan fingerprint density at radius 3 is 2.62 bits per heavy atom. The van der Waals surface area contributed by atoms with E-state index in [0.717, 1.165) is 4.47 Å². The minimum atomic E-state index is -0.432. The molecule has 0 saturated carbocycles. The number of Topliss-reactive ketones (excluding diaryl/α,β-unsaturated/α-hetero) is 1. The quantitative estimate of drug-likeness (QED) is 0.620. The van der Waals surface area contributed by atoms with Crippen LogP contribution in [0.25, 0.3) is 0 Å². The summed E-state index contributed by atoms with van der Waals surface area (Å²) in [6.07, 6.45) is 0.225. The molecule has 1 aromatic rings. The van der Waals surface area contributed by atoms with Crippen molar-refractivity contribution in [3.63, 3.8) is 0 Å². The first-order chi connectivity index (χ1) is 7.58. The number of methoxy groups -OCH3 is 1. The number of ether oxygens (including phenoxy) is 1. The lowest BCUT2D eigenvalue weighted by molar-refractivity contribution is -0.115. The van der Waals surface area contributed by atoms with Crippen LogP contribution in [0.1, 0.15) is 15.9 Å². The number of carbonyl (C=O) groups excluding carboxylic acids is 2. The summed E-state index contributed by atoms with van der Waals surface area (Å²) in [4.78, 5) is 22.8. The zero-order chi connectivity index (χ0) is 12.1. The van der Waals surface area contributed by atoms with Crippen molar-refractivity contribution in [2.75, 3.05) is 12.4 Å². The van der Waals surface area contributed by atoms with E-state index in [4.69, 9.17) is 0 Å². The molecular weight excluding hydrogens is 340 g/mol. The smallest absolute Gasteiger partial charge is 0.338 e. The van der Waals surface area contributed by atoms with Gasteiger partial charge in [0.1, 0.15) is 5.78 Å². The van der Waals surface area contributed by atoms with Gasteiger partial charge >= 0.3 is 5.97 Å². The third-order valence-corrected chi connectivity index (χ3v) is 3.13. The van der Waals surface area contributed by atoms with Crippen molar-refractivity contribution in [3.8, 4) is 0 Å². The average Bonchev–Trinajstić information content (AvgIpc) is 2.30. The molecule has 0 fully saturated rings. The van der Waals surface area contributed by atoms with Crippen molar-refractivity contribution >= 4 is 43.6 Å². The zero-order valence-electron chi connectivity index (χ0n) is 8.63. The molecule has 3 nitrogen and oxygen atoms in total. The highest BCUT2D eigenvalue weighted by atomic mass is 79.9. The molecule has 0 bridgehead atoms. The summed E-state index contributed by atoms with van der Waals surface area (Å²) >= 11 is 6.37. The van der Waals surface area contributed by atoms with Crippen molar-refractivity contribution in [2.45, 2.75) is 6.42 Å². The fraction of sp³-hybridized carbons (Fsp3) is 0.273. The predicted molar refractivity (Wildman–Crippen MR) is 68.0 cm³/mol. The van der Waals surface area contributed by atoms with Gasteiger partial charge in [-0.1, -0.05) is 37.9 Å². The van der Waals surface area contributed by atoms with E-state index in [-0.39, 0.29) is 17.5 Å². The SMILES string of the molecule is COC(=O)c1cc(Br)ccc1CC(=O)CBr. The van der Waals surface area contributed by atoms with E-state index in [2.05, 4.69) is 36.6 Å². The van der Waals surface area contributed by atoms with Crippen molar-refractivity contribution in [2.24, 2.45) is 0 Å². The van der Waals surface area contributed by atoms with Crippen molar-refractivity contribution in [1.29, 1.82) is 0 Å². The number of hydrogen-bond donors (Lipinski definition) is 0. The van der Waals surface area contributed by atoms with Crippen LogP contribution in [0.4, 0.5) is 0 Å². The van der Waals surface area contributed by atoms with Crippen molar-refractivity contribution < 1.29 is 14.3 Å². The predicted octanol–water partition coefficient (Wildman–Crippen LogP) is 2.74. The molecule has 0 N–H and O–H groups in total. The topological polar surface area (TPSA) is 43.4 Å². The Balaban J connectivity index is 3.07. The van der Waals surface area contributed by atoms with E-state index >= 15 is 0 Å². The Kier molecular flexibility index (Phi) is 5.15. The second-order valence-electron chi connectivity index (χ2n) is 3.14. The van der Waals surface area contributed by atoms with Gasteiger partial charge in [-0.05, 0) is 17.7 Å². The highest BCUT2D eigenvalue weighted by molar-refractivity contribution is 9.10. The van der Waals surface area contributed by atoms with Crippen molar-refractivity contribution in [1.82, 2.24) is 0 Å². The number of hydrogen-bond acceptors (Lipinski definition) is 3. The molecule has 86 valence electrons. The maximum atomic E-state index is 11.5. The summed E-state index contributed by atoms with van der Waals surface area (Å²) in [5, 5.41) is 0.281. The Morgan fingerprint density at radius 1 is 1.38 bits per heavy atom. The summed E-state index contributed by atoms with van der Waals surface area (Å²) < 4.78 is 5.44. The molecule has 0 aromatic heterocycles. The summed E-state index contributed by atoms with van der Waals surface area (Å²) in [6.45, 7) is 0. The molecule has 0 aliphatic carbocycles. The number of benzene rings is 1. The first-order valence-corrected chi connectivity index (χ1v) is 6.44. The Bertz CT molecular complexity index is 416. The molecule has 0 radical (unpaired) electrons. The lowest BCUT2D eigenvalue weighted by Crippen LogP contribution is -2.10. The second kappa shape index (κ2) is 6.15. The van der Waals surface area contributed by atoms with Crippen LogP contribution in [-0.4, -0.2) is 24.2 Å². The fourth-order valence-corrected chi connectivity index (χ4v) is 1.82. The molecule has 5 heteroatoms. The highest BCUT2D eigenvalue weighted by Crippen LogP contribution is 2.18. The van der Waals surface area contributed by atoms with Crippen LogP contribution in [0.15, 0.2) is 22.7 Å². The maximum absolute atomic E-state index is 11.5. The molecule has 0 unspecified atom stereocenters. The average molecular weight is 350 g/mol. The van der Waals surface area contributed by atoms with E-state index in [1.165, 1.54) is 7.11 Å². The molecule has 0 spiro atoms. The van der Waals surface area contributed by atoms with Crippen molar-refractivity contribution in [3.05, 3.63) is 33.8 Å². The first kappa shape index (κ1) is 13.4. The van der Waals surface area contributed by atoms with Crippen LogP contribution < -0.4 is 0 Å². The fourth-order valence-electron chi connectivity index (χ4n) is 1.26. The molecule has 0 heterocycles. The first-order valence-electron chi connectivity index (χ1n) is 4.53. The Hall–Kier alpha value is -0.680. The van der Waals surface area contributed by atoms with Gasteiger partial charge in [-0.3, -0.25) is 4.79 Å². The van der Waals surface area contributed by atoms with Gasteiger partial charge in [-0.2, -0.15) is 0 Å². The number of ketones is 1. The largest absolute Gasteiger partial charge is 0.465 e. The second-order valence-corrected chi connectivity index (χ2v) is 4.62. The third-order valence-electron chi connectivity index (χ3n) is 2.01. The molecule has 1 aromatic carbocycles. The van der Waals surface area contributed by atoms with Gasteiger partial charge in [0.15, 0.2) is 0 Å². The Labute approximate surface area is 110 Å². The summed E-state index contributed by atoms with van der Waals surface area (Å²) in [7, 11) is 1.32. The van der Waals surface area contributed by atoms with Gasteiger partial charge in [0.25, 0.3) is 0 Å². The number of alkyl halides is 1. The number of carbonyl (C=O) groups is 2. The van der Waals surface area contributed by atoms with Gasteiger partial charge in [0.2, 0.25) is 0 Å². The van der Waals surface area contributed by atoms with Gasteiger partial charge in [-0.15, -0.1) is 0 Å². The lowest BCUT2D eigenvalue weighted by Gasteiger charge is -2.07. The highest BCUT2D eigenvalue weighted by Gasteiger charge is 2.14. The van der Waals surface area contributed by atoms with E-state index in [0.29, 0.717) is 11.1 Å². The lowest BCUT2D eigenvalue weighted by atomic mass is 10.0. The van der Waals surface area contributed by atoms with E-state index in [1.807, 2.05) is 0 Å². The molecular formula is C11H10Br2O3. The van der Waals surface area contributed by atoms with Gasteiger partial charge in [0.05, 0.1) is 18.0 Å². The molecule has 0 aliphatic heterocycles. The van der Waals surface area contributed by atoms with Crippen LogP contribution in [-0.2, 0) is 16.0 Å². The minimum Gasteiger partial charge on any atom is -0.465 e.